The second-order valence-electron chi connectivity index (χ2n) is 5.75. The van der Waals surface area contributed by atoms with Crippen molar-refractivity contribution in [1.29, 1.82) is 0 Å². The average Bonchev–Trinajstić information content (AvgIpc) is 2.63. The van der Waals surface area contributed by atoms with E-state index in [1.54, 1.807) is 6.07 Å². The van der Waals surface area contributed by atoms with Crippen LogP contribution in [0.3, 0.4) is 0 Å². The van der Waals surface area contributed by atoms with E-state index in [-0.39, 0.29) is 11.6 Å². The Labute approximate surface area is 138 Å². The summed E-state index contributed by atoms with van der Waals surface area (Å²) in [5.74, 6) is -0.353. The molecule has 1 aliphatic carbocycles. The van der Waals surface area contributed by atoms with Gasteiger partial charge < -0.3 is 21.7 Å². The molecule has 0 saturated heterocycles. The fourth-order valence-corrected chi connectivity index (χ4v) is 3.24. The average molecular weight is 323 g/mol. The molecule has 0 radical (unpaired) electrons. The summed E-state index contributed by atoms with van der Waals surface area (Å²) in [6, 6.07) is 3.46. The molecule has 0 amide bonds. The third kappa shape index (κ3) is 2.05. The van der Waals surface area contributed by atoms with Crippen LogP contribution in [0.5, 0.6) is 0 Å². The Balaban J connectivity index is 1.98. The molecule has 0 saturated carbocycles. The van der Waals surface area contributed by atoms with E-state index < -0.39 is 0 Å². The minimum atomic E-state index is -0.184. The van der Waals surface area contributed by atoms with Crippen molar-refractivity contribution >= 4 is 28.6 Å². The molecule has 122 valence electrons. The van der Waals surface area contributed by atoms with E-state index in [0.29, 0.717) is 53.3 Å². The summed E-state index contributed by atoms with van der Waals surface area (Å²) in [6.07, 6.45) is 2.99. The summed E-state index contributed by atoms with van der Waals surface area (Å²) >= 11 is 0. The zero-order chi connectivity index (χ0) is 16.7. The lowest BCUT2D eigenvalue weighted by Gasteiger charge is -2.28. The van der Waals surface area contributed by atoms with Crippen molar-refractivity contribution in [2.45, 2.75) is 0 Å². The molecule has 0 fully saturated rings. The number of nitrogens with two attached hydrogens (primary N) is 1. The number of ketones is 2. The van der Waals surface area contributed by atoms with Gasteiger partial charge in [-0.05, 0) is 12.1 Å². The van der Waals surface area contributed by atoms with Gasteiger partial charge in [0.25, 0.3) is 0 Å². The standard InChI is InChI=1S/C17H17N5O2/c18-2-4-20-11-7-12-15(22-6-5-21-12)14-13(11)16(23)9-1-3-19-8-10(9)17(14)24/h1,3,7-8,20-22H,2,4-6,18H2. The first-order valence-electron chi connectivity index (χ1n) is 7.88. The van der Waals surface area contributed by atoms with Gasteiger partial charge in [-0.15, -0.1) is 0 Å². The largest absolute Gasteiger partial charge is 0.383 e. The van der Waals surface area contributed by atoms with Gasteiger partial charge in [-0.25, -0.2) is 0 Å². The SMILES string of the molecule is NCCNc1cc2c(c3c1C(=O)c1ccncc1C3=O)NCCN2. The van der Waals surface area contributed by atoms with Gasteiger partial charge in [-0.3, -0.25) is 14.6 Å². The third-order valence-corrected chi connectivity index (χ3v) is 4.29. The number of carbonyl (C=O) groups excluding carboxylic acids is 2. The number of nitrogens with one attached hydrogen (secondary N) is 3. The van der Waals surface area contributed by atoms with Crippen molar-refractivity contribution in [3.05, 3.63) is 46.8 Å². The van der Waals surface area contributed by atoms with Crippen LogP contribution in [0.25, 0.3) is 0 Å². The van der Waals surface area contributed by atoms with E-state index >= 15 is 0 Å². The third-order valence-electron chi connectivity index (χ3n) is 4.29. The summed E-state index contributed by atoms with van der Waals surface area (Å²) < 4.78 is 0. The van der Waals surface area contributed by atoms with Gasteiger partial charge in [0.1, 0.15) is 0 Å². The molecule has 24 heavy (non-hydrogen) atoms. The van der Waals surface area contributed by atoms with Crippen molar-refractivity contribution in [2.75, 3.05) is 42.1 Å². The van der Waals surface area contributed by atoms with Crippen molar-refractivity contribution in [2.24, 2.45) is 5.73 Å². The number of nitrogens with zero attached hydrogens (tertiary/aromatic N) is 1. The minimum absolute atomic E-state index is 0.170. The van der Waals surface area contributed by atoms with Gasteiger partial charge in [-0.1, -0.05) is 0 Å². The molecular formula is C17H17N5O2. The van der Waals surface area contributed by atoms with Crippen LogP contribution in [0.1, 0.15) is 31.8 Å². The van der Waals surface area contributed by atoms with Gasteiger partial charge >= 0.3 is 0 Å². The Morgan fingerprint density at radius 3 is 2.75 bits per heavy atom. The van der Waals surface area contributed by atoms with E-state index in [2.05, 4.69) is 20.9 Å². The van der Waals surface area contributed by atoms with Gasteiger partial charge in [-0.2, -0.15) is 0 Å². The number of fused-ring (bicyclic) bond motifs is 4. The molecule has 0 atom stereocenters. The van der Waals surface area contributed by atoms with Gasteiger partial charge in [0.15, 0.2) is 11.6 Å². The number of pyridine rings is 1. The van der Waals surface area contributed by atoms with E-state index in [0.717, 1.165) is 12.2 Å². The van der Waals surface area contributed by atoms with Crippen LogP contribution in [0, 0.1) is 0 Å². The van der Waals surface area contributed by atoms with E-state index in [1.807, 2.05) is 6.07 Å². The zero-order valence-electron chi connectivity index (χ0n) is 13.0. The molecule has 4 rings (SSSR count). The predicted octanol–water partition coefficient (Wildman–Crippen LogP) is 1.06. The van der Waals surface area contributed by atoms with E-state index in [1.165, 1.54) is 12.4 Å². The quantitative estimate of drug-likeness (QED) is 0.571. The number of anilines is 3. The maximum atomic E-state index is 13.0. The molecule has 0 spiro atoms. The summed E-state index contributed by atoms with van der Waals surface area (Å²) in [6.45, 7) is 2.39. The van der Waals surface area contributed by atoms with Crippen molar-refractivity contribution in [3.63, 3.8) is 0 Å². The number of benzene rings is 1. The number of carbonyl (C=O) groups is 2. The summed E-state index contributed by atoms with van der Waals surface area (Å²) in [4.78, 5) is 30.1. The lowest BCUT2D eigenvalue weighted by molar-refractivity contribution is 0.0980. The summed E-state index contributed by atoms with van der Waals surface area (Å²) in [5, 5.41) is 9.70. The fraction of sp³-hybridized carbons (Fsp3) is 0.235. The molecule has 2 aliphatic rings. The molecule has 5 N–H and O–H groups in total. The van der Waals surface area contributed by atoms with Crippen LogP contribution >= 0.6 is 0 Å². The second kappa shape index (κ2) is 5.61. The maximum absolute atomic E-state index is 13.0. The lowest BCUT2D eigenvalue weighted by Crippen LogP contribution is -2.29. The minimum Gasteiger partial charge on any atom is -0.383 e. The van der Waals surface area contributed by atoms with Crippen molar-refractivity contribution in [3.8, 4) is 0 Å². The van der Waals surface area contributed by atoms with Crippen LogP contribution in [0.2, 0.25) is 0 Å². The highest BCUT2D eigenvalue weighted by molar-refractivity contribution is 6.32. The molecule has 1 aromatic heterocycles. The van der Waals surface area contributed by atoms with Crippen LogP contribution < -0.4 is 21.7 Å². The Bertz CT molecular complexity index is 862. The van der Waals surface area contributed by atoms with Crippen LogP contribution in [0.4, 0.5) is 17.1 Å². The van der Waals surface area contributed by atoms with Crippen LogP contribution in [-0.2, 0) is 0 Å². The monoisotopic (exact) mass is 323 g/mol. The highest BCUT2D eigenvalue weighted by atomic mass is 16.1. The summed E-state index contributed by atoms with van der Waals surface area (Å²) in [7, 11) is 0. The molecule has 0 unspecified atom stereocenters. The highest BCUT2D eigenvalue weighted by Gasteiger charge is 2.36. The molecular weight excluding hydrogens is 306 g/mol. The first kappa shape index (κ1) is 14.6. The number of hydrogen-bond acceptors (Lipinski definition) is 7. The van der Waals surface area contributed by atoms with Crippen molar-refractivity contribution in [1.82, 2.24) is 4.98 Å². The molecule has 2 heterocycles. The molecule has 7 heteroatoms. The Hall–Kier alpha value is -2.93. The molecule has 2 aromatic rings. The van der Waals surface area contributed by atoms with Gasteiger partial charge in [0.2, 0.25) is 0 Å². The number of hydrogen-bond donors (Lipinski definition) is 4. The zero-order valence-corrected chi connectivity index (χ0v) is 13.0. The molecule has 0 bridgehead atoms. The van der Waals surface area contributed by atoms with E-state index in [4.69, 9.17) is 5.73 Å². The van der Waals surface area contributed by atoms with Gasteiger partial charge in [0, 0.05) is 49.8 Å². The molecule has 7 nitrogen and oxygen atoms in total. The highest BCUT2D eigenvalue weighted by Crippen LogP contribution is 2.41. The van der Waals surface area contributed by atoms with Crippen LogP contribution in [0.15, 0.2) is 24.5 Å². The normalized spacial score (nSPS) is 14.9. The molecule has 1 aliphatic heterocycles. The lowest BCUT2D eigenvalue weighted by atomic mass is 9.82. The van der Waals surface area contributed by atoms with Gasteiger partial charge in [0.05, 0.1) is 28.1 Å². The Morgan fingerprint density at radius 1 is 1.12 bits per heavy atom. The Kier molecular flexibility index (Phi) is 3.42. The first-order valence-corrected chi connectivity index (χ1v) is 7.88. The molecule has 1 aromatic carbocycles. The number of rotatable bonds is 3. The number of aromatic nitrogens is 1. The topological polar surface area (TPSA) is 109 Å². The fourth-order valence-electron chi connectivity index (χ4n) is 3.24. The first-order chi connectivity index (χ1) is 11.7. The summed E-state index contributed by atoms with van der Waals surface area (Å²) in [5.41, 5.74) is 9.25. The smallest absolute Gasteiger partial charge is 0.198 e. The van der Waals surface area contributed by atoms with Crippen molar-refractivity contribution < 1.29 is 9.59 Å². The van der Waals surface area contributed by atoms with E-state index in [9.17, 15) is 9.59 Å². The maximum Gasteiger partial charge on any atom is 0.198 e. The van der Waals surface area contributed by atoms with Crippen LogP contribution in [-0.4, -0.2) is 42.7 Å². The Morgan fingerprint density at radius 2 is 1.92 bits per heavy atom. The predicted molar refractivity (Wildman–Crippen MR) is 92.1 cm³/mol. The second-order valence-corrected chi connectivity index (χ2v) is 5.75.